The van der Waals surface area contributed by atoms with E-state index in [0.717, 1.165) is 16.7 Å². The van der Waals surface area contributed by atoms with Gasteiger partial charge in [0.1, 0.15) is 5.75 Å². The van der Waals surface area contributed by atoms with Crippen molar-refractivity contribution in [3.8, 4) is 5.75 Å². The third-order valence-corrected chi connectivity index (χ3v) is 3.45. The van der Waals surface area contributed by atoms with Crippen LogP contribution < -0.4 is 10.1 Å². The average Bonchev–Trinajstić information content (AvgIpc) is 2.42. The highest BCUT2D eigenvalue weighted by Gasteiger charge is 2.12. The number of hydrogen-bond donors (Lipinski definition) is 1. The summed E-state index contributed by atoms with van der Waals surface area (Å²) < 4.78 is 5.28. The van der Waals surface area contributed by atoms with Gasteiger partial charge < -0.3 is 10.1 Å². The van der Waals surface area contributed by atoms with Crippen LogP contribution in [0.5, 0.6) is 5.75 Å². The van der Waals surface area contributed by atoms with Crippen LogP contribution in [-0.4, -0.2) is 13.0 Å². The molecule has 0 atom stereocenters. The largest absolute Gasteiger partial charge is 0.495 e. The highest BCUT2D eigenvalue weighted by Crippen LogP contribution is 2.26. The molecule has 3 nitrogen and oxygen atoms in total. The van der Waals surface area contributed by atoms with E-state index < -0.39 is 0 Å². The molecule has 1 N–H and O–H groups in total. The molecular weight excluding hydrogens is 250 g/mol. The molecule has 0 aliphatic carbocycles. The molecule has 0 heterocycles. The fourth-order valence-electron chi connectivity index (χ4n) is 2.11. The Morgan fingerprint density at radius 3 is 2.55 bits per heavy atom. The molecule has 2 aromatic carbocycles. The molecule has 3 heteroatoms. The van der Waals surface area contributed by atoms with Gasteiger partial charge in [-0.3, -0.25) is 4.79 Å². The Kier molecular flexibility index (Phi) is 4.08. The summed E-state index contributed by atoms with van der Waals surface area (Å²) in [6, 6.07) is 11.4. The molecule has 0 saturated heterocycles. The molecule has 0 bridgehead atoms. The number of carbonyl (C=O) groups is 1. The van der Waals surface area contributed by atoms with Crippen molar-refractivity contribution in [1.29, 1.82) is 0 Å². The van der Waals surface area contributed by atoms with Crippen LogP contribution in [0.3, 0.4) is 0 Å². The van der Waals surface area contributed by atoms with E-state index in [0.29, 0.717) is 17.0 Å². The lowest BCUT2D eigenvalue weighted by atomic mass is 10.0. The second-order valence-corrected chi connectivity index (χ2v) is 4.91. The van der Waals surface area contributed by atoms with E-state index in [-0.39, 0.29) is 5.91 Å². The van der Waals surface area contributed by atoms with Gasteiger partial charge in [0.25, 0.3) is 5.91 Å². The fourth-order valence-corrected chi connectivity index (χ4v) is 2.11. The second-order valence-electron chi connectivity index (χ2n) is 4.91. The van der Waals surface area contributed by atoms with Crippen molar-refractivity contribution in [1.82, 2.24) is 0 Å². The van der Waals surface area contributed by atoms with E-state index in [1.807, 2.05) is 57.2 Å². The van der Waals surface area contributed by atoms with Gasteiger partial charge in [0.15, 0.2) is 0 Å². The van der Waals surface area contributed by atoms with Crippen molar-refractivity contribution in [3.63, 3.8) is 0 Å². The number of nitrogens with one attached hydrogen (secondary N) is 1. The quantitative estimate of drug-likeness (QED) is 0.918. The van der Waals surface area contributed by atoms with Gasteiger partial charge in [-0.15, -0.1) is 0 Å². The molecule has 2 aromatic rings. The number of aryl methyl sites for hydroxylation is 2. The van der Waals surface area contributed by atoms with Crippen LogP contribution in [0.2, 0.25) is 0 Å². The van der Waals surface area contributed by atoms with Crippen LogP contribution in [0.15, 0.2) is 36.4 Å². The minimum absolute atomic E-state index is 0.116. The van der Waals surface area contributed by atoms with Gasteiger partial charge in [-0.2, -0.15) is 0 Å². The number of anilines is 1. The van der Waals surface area contributed by atoms with Crippen LogP contribution in [0.25, 0.3) is 0 Å². The molecule has 0 spiro atoms. The van der Waals surface area contributed by atoms with Crippen molar-refractivity contribution in [3.05, 3.63) is 58.7 Å². The molecule has 0 aliphatic rings. The van der Waals surface area contributed by atoms with Crippen molar-refractivity contribution in [2.45, 2.75) is 20.8 Å². The van der Waals surface area contributed by atoms with Gasteiger partial charge in [0.2, 0.25) is 0 Å². The molecule has 0 aliphatic heterocycles. The summed E-state index contributed by atoms with van der Waals surface area (Å²) >= 11 is 0. The Hall–Kier alpha value is -2.29. The van der Waals surface area contributed by atoms with Gasteiger partial charge in [-0.05, 0) is 55.7 Å². The summed E-state index contributed by atoms with van der Waals surface area (Å²) in [6.07, 6.45) is 0. The number of benzene rings is 2. The molecular formula is C17H19NO2. The molecule has 0 aromatic heterocycles. The number of amides is 1. The fraction of sp³-hybridized carbons (Fsp3) is 0.235. The molecule has 20 heavy (non-hydrogen) atoms. The smallest absolute Gasteiger partial charge is 0.256 e. The first-order valence-electron chi connectivity index (χ1n) is 6.55. The highest BCUT2D eigenvalue weighted by molar-refractivity contribution is 6.06. The summed E-state index contributed by atoms with van der Waals surface area (Å²) in [7, 11) is 1.60. The predicted octanol–water partition coefficient (Wildman–Crippen LogP) is 3.87. The lowest BCUT2D eigenvalue weighted by Crippen LogP contribution is -2.14. The topological polar surface area (TPSA) is 38.3 Å². The Bertz CT molecular complexity index is 647. The van der Waals surface area contributed by atoms with Gasteiger partial charge in [0, 0.05) is 5.56 Å². The first-order valence-corrected chi connectivity index (χ1v) is 6.55. The molecule has 0 unspecified atom stereocenters. The van der Waals surface area contributed by atoms with Crippen LogP contribution >= 0.6 is 0 Å². The zero-order valence-corrected chi connectivity index (χ0v) is 12.3. The molecule has 2 rings (SSSR count). The zero-order chi connectivity index (χ0) is 14.7. The monoisotopic (exact) mass is 269 g/mol. The van der Waals surface area contributed by atoms with Gasteiger partial charge in [-0.1, -0.05) is 18.2 Å². The van der Waals surface area contributed by atoms with Crippen molar-refractivity contribution in [2.75, 3.05) is 12.4 Å². The van der Waals surface area contributed by atoms with Crippen molar-refractivity contribution in [2.24, 2.45) is 0 Å². The lowest BCUT2D eigenvalue weighted by molar-refractivity contribution is 0.102. The number of rotatable bonds is 3. The summed E-state index contributed by atoms with van der Waals surface area (Å²) in [5.41, 5.74) is 4.56. The number of ether oxygens (including phenoxy) is 1. The standard InChI is InChI=1S/C17H19NO2/c1-11-8-9-16(20-4)15(10-11)18-17(19)14-7-5-6-12(2)13(14)3/h5-10H,1-4H3,(H,18,19). The maximum Gasteiger partial charge on any atom is 0.256 e. The van der Waals surface area contributed by atoms with E-state index >= 15 is 0 Å². The van der Waals surface area contributed by atoms with E-state index in [4.69, 9.17) is 4.74 Å². The molecule has 0 radical (unpaired) electrons. The minimum Gasteiger partial charge on any atom is -0.495 e. The molecule has 0 saturated carbocycles. The van der Waals surface area contributed by atoms with Crippen LogP contribution in [0, 0.1) is 20.8 Å². The molecule has 104 valence electrons. The van der Waals surface area contributed by atoms with Crippen LogP contribution in [-0.2, 0) is 0 Å². The number of methoxy groups -OCH3 is 1. The van der Waals surface area contributed by atoms with Gasteiger partial charge in [-0.25, -0.2) is 0 Å². The van der Waals surface area contributed by atoms with Crippen LogP contribution in [0.4, 0.5) is 5.69 Å². The van der Waals surface area contributed by atoms with E-state index in [2.05, 4.69) is 5.32 Å². The Labute approximate surface area is 119 Å². The maximum atomic E-state index is 12.4. The van der Waals surface area contributed by atoms with E-state index in [1.165, 1.54) is 0 Å². The zero-order valence-electron chi connectivity index (χ0n) is 12.3. The maximum absolute atomic E-state index is 12.4. The average molecular weight is 269 g/mol. The molecule has 1 amide bonds. The Morgan fingerprint density at radius 1 is 1.10 bits per heavy atom. The summed E-state index contributed by atoms with van der Waals surface area (Å²) in [4.78, 5) is 12.4. The van der Waals surface area contributed by atoms with Crippen LogP contribution in [0.1, 0.15) is 27.0 Å². The van der Waals surface area contributed by atoms with E-state index in [9.17, 15) is 4.79 Å². The third kappa shape index (κ3) is 2.82. The van der Waals surface area contributed by atoms with E-state index in [1.54, 1.807) is 7.11 Å². The number of hydrogen-bond acceptors (Lipinski definition) is 2. The van der Waals surface area contributed by atoms with Gasteiger partial charge in [0.05, 0.1) is 12.8 Å². The predicted molar refractivity (Wildman–Crippen MR) is 81.6 cm³/mol. The first kappa shape index (κ1) is 14.1. The summed E-state index contributed by atoms with van der Waals surface area (Å²) in [6.45, 7) is 5.93. The summed E-state index contributed by atoms with van der Waals surface area (Å²) in [5.74, 6) is 0.546. The normalized spacial score (nSPS) is 10.2. The lowest BCUT2D eigenvalue weighted by Gasteiger charge is -2.13. The molecule has 0 fully saturated rings. The highest BCUT2D eigenvalue weighted by atomic mass is 16.5. The third-order valence-electron chi connectivity index (χ3n) is 3.45. The summed E-state index contributed by atoms with van der Waals surface area (Å²) in [5, 5.41) is 2.92. The van der Waals surface area contributed by atoms with Crippen molar-refractivity contribution >= 4 is 11.6 Å². The Balaban J connectivity index is 2.32. The minimum atomic E-state index is -0.116. The van der Waals surface area contributed by atoms with Crippen molar-refractivity contribution < 1.29 is 9.53 Å². The first-order chi connectivity index (χ1) is 9.52. The van der Waals surface area contributed by atoms with Gasteiger partial charge >= 0.3 is 0 Å². The SMILES string of the molecule is COc1ccc(C)cc1NC(=O)c1cccc(C)c1C. The second kappa shape index (κ2) is 5.78. The Morgan fingerprint density at radius 2 is 1.85 bits per heavy atom. The number of carbonyl (C=O) groups excluding carboxylic acids is 1.